The van der Waals surface area contributed by atoms with E-state index in [1.54, 1.807) is 20.8 Å². The molecule has 1 atom stereocenters. The number of nitrogens with zero attached hydrogens (tertiary/aromatic N) is 1. The fourth-order valence-corrected chi connectivity index (χ4v) is 4.23. The van der Waals surface area contributed by atoms with Crippen molar-refractivity contribution in [3.05, 3.63) is 34.4 Å². The molecule has 2 aliphatic rings. The van der Waals surface area contributed by atoms with Crippen molar-refractivity contribution in [3.63, 3.8) is 0 Å². The Morgan fingerprint density at radius 1 is 1.32 bits per heavy atom. The topological polar surface area (TPSA) is 121 Å². The molecule has 1 unspecified atom stereocenters. The number of esters is 1. The van der Waals surface area contributed by atoms with Gasteiger partial charge >= 0.3 is 35.5 Å². The minimum atomic E-state index is -4.10. The van der Waals surface area contributed by atoms with E-state index in [-0.39, 0.29) is 40.7 Å². The van der Waals surface area contributed by atoms with Gasteiger partial charge in [0.05, 0.1) is 22.1 Å². The zero-order valence-electron chi connectivity index (χ0n) is 14.6. The first-order valence-electron chi connectivity index (χ1n) is 6.92. The zero-order valence-corrected chi connectivity index (χ0v) is 17.4. The number of hydrogen-bond donors (Lipinski definition) is 0. The number of ether oxygens (including phenoxy) is 1. The number of aliphatic carboxylic acids is 1. The van der Waals surface area contributed by atoms with E-state index in [4.69, 9.17) is 4.74 Å². The van der Waals surface area contributed by atoms with Gasteiger partial charge < -0.3 is 14.6 Å². The quantitative estimate of drug-likeness (QED) is 0.211. The normalized spacial score (nSPS) is 23.6. The summed E-state index contributed by atoms with van der Waals surface area (Å²) in [6, 6.07) is 0. The molecule has 0 saturated carbocycles. The number of amides is 1. The van der Waals surface area contributed by atoms with Crippen LogP contribution in [0.3, 0.4) is 0 Å². The Labute approximate surface area is 167 Å². The second-order valence-electron chi connectivity index (χ2n) is 6.39. The number of carboxylic acids is 1. The number of sulfone groups is 1. The van der Waals surface area contributed by atoms with Gasteiger partial charge in [-0.1, -0.05) is 6.58 Å². The number of hydrogen-bond acceptors (Lipinski definition) is 7. The second kappa shape index (κ2) is 6.71. The van der Waals surface area contributed by atoms with Gasteiger partial charge in [-0.15, -0.1) is 0 Å². The largest absolute Gasteiger partial charge is 1.00 e. The number of carbonyl (C=O) groups is 3. The maximum absolute atomic E-state index is 12.4. The molecule has 1 fully saturated rings. The first kappa shape index (κ1) is 21.6. The molecule has 0 bridgehead atoms. The van der Waals surface area contributed by atoms with Gasteiger partial charge in [0.2, 0.25) is 9.84 Å². The molecule has 0 aromatic rings. The molecule has 0 aliphatic carbocycles. The number of carbonyl (C=O) groups excluding carboxylic acids is 3. The van der Waals surface area contributed by atoms with Crippen molar-refractivity contribution >= 4 is 27.7 Å². The van der Waals surface area contributed by atoms with E-state index in [0.29, 0.717) is 4.90 Å². The van der Waals surface area contributed by atoms with Crippen molar-refractivity contribution in [3.8, 4) is 0 Å². The number of β-lactam (4-membered cyclic amide) rings is 1. The van der Waals surface area contributed by atoms with Gasteiger partial charge in [0.15, 0.2) is 5.37 Å². The van der Waals surface area contributed by atoms with Crippen LogP contribution >= 0.6 is 0 Å². The molecule has 130 valence electrons. The first-order chi connectivity index (χ1) is 10.8. The van der Waals surface area contributed by atoms with Crippen molar-refractivity contribution < 1.29 is 62.2 Å². The Bertz CT molecular complexity index is 846. The van der Waals surface area contributed by atoms with Gasteiger partial charge in [0, 0.05) is 6.08 Å². The molecule has 1 saturated heterocycles. The maximum Gasteiger partial charge on any atom is 1.00 e. The summed E-state index contributed by atoms with van der Waals surface area (Å²) in [5, 5.41) is 9.65. The summed E-state index contributed by atoms with van der Waals surface area (Å²) in [5.41, 5.74) is -1.93. The summed E-state index contributed by atoms with van der Waals surface area (Å²) >= 11 is 0. The zero-order chi connectivity index (χ0) is 18.6. The van der Waals surface area contributed by atoms with Crippen LogP contribution in [0.1, 0.15) is 27.7 Å². The molecule has 0 N–H and O–H groups in total. The second-order valence-corrected chi connectivity index (χ2v) is 8.42. The van der Waals surface area contributed by atoms with Crippen LogP contribution < -0.4 is 34.7 Å². The summed E-state index contributed by atoms with van der Waals surface area (Å²) in [7, 11) is -4.10. The monoisotopic (exact) mass is 377 g/mol. The van der Waals surface area contributed by atoms with E-state index in [1.165, 1.54) is 6.92 Å². The molecular weight excluding hydrogens is 361 g/mol. The van der Waals surface area contributed by atoms with Crippen molar-refractivity contribution in [2.45, 2.75) is 38.7 Å². The minimum Gasteiger partial charge on any atom is -0.543 e. The molecule has 10 heteroatoms. The Kier molecular flexibility index (Phi) is 5.81. The molecule has 0 aromatic carbocycles. The van der Waals surface area contributed by atoms with Crippen molar-refractivity contribution in [2.24, 2.45) is 0 Å². The summed E-state index contributed by atoms with van der Waals surface area (Å²) in [6.45, 7) is 9.43. The fourth-order valence-electron chi connectivity index (χ4n) is 2.45. The van der Waals surface area contributed by atoms with Crippen molar-refractivity contribution in [2.75, 3.05) is 0 Å². The maximum atomic E-state index is 12.4. The van der Waals surface area contributed by atoms with Gasteiger partial charge in [-0.3, -0.25) is 9.69 Å². The van der Waals surface area contributed by atoms with E-state index in [0.717, 1.165) is 6.08 Å². The van der Waals surface area contributed by atoms with Gasteiger partial charge in [-0.25, -0.2) is 13.2 Å². The Morgan fingerprint density at radius 2 is 1.84 bits per heavy atom. The van der Waals surface area contributed by atoms with Crippen LogP contribution in [0.4, 0.5) is 0 Å². The third-order valence-electron chi connectivity index (χ3n) is 3.49. The summed E-state index contributed by atoms with van der Waals surface area (Å²) in [5.74, 6) is -3.49. The van der Waals surface area contributed by atoms with Crippen molar-refractivity contribution in [1.82, 2.24) is 4.90 Å². The van der Waals surface area contributed by atoms with Gasteiger partial charge in [0.1, 0.15) is 5.60 Å². The molecule has 2 heterocycles. The van der Waals surface area contributed by atoms with Crippen LogP contribution in [0.5, 0.6) is 0 Å². The van der Waals surface area contributed by atoms with Crippen LogP contribution in [-0.4, -0.2) is 42.1 Å². The Balaban J connectivity index is 0.00000312. The summed E-state index contributed by atoms with van der Waals surface area (Å²) < 4.78 is 29.9. The van der Waals surface area contributed by atoms with Crippen LogP contribution in [0.25, 0.3) is 0 Å². The summed E-state index contributed by atoms with van der Waals surface area (Å²) in [4.78, 5) is 35.4. The predicted octanol–water partition coefficient (Wildman–Crippen LogP) is -3.61. The Hall–Kier alpha value is -1.42. The smallest absolute Gasteiger partial charge is 0.543 e. The van der Waals surface area contributed by atoms with E-state index < -0.39 is 49.3 Å². The molecule has 1 amide bonds. The Morgan fingerprint density at radius 3 is 2.28 bits per heavy atom. The minimum absolute atomic E-state index is 0. The fraction of sp³-hybridized carbons (Fsp3) is 0.400. The third kappa shape index (κ3) is 3.59. The van der Waals surface area contributed by atoms with Crippen LogP contribution in [0, 0.1) is 0 Å². The summed E-state index contributed by atoms with van der Waals surface area (Å²) in [6.07, 6.45) is 0.771. The van der Waals surface area contributed by atoms with E-state index >= 15 is 0 Å². The van der Waals surface area contributed by atoms with Crippen molar-refractivity contribution in [1.29, 1.82) is 0 Å². The average Bonchev–Trinajstić information content (AvgIpc) is 2.40. The van der Waals surface area contributed by atoms with Crippen LogP contribution in [0.2, 0.25) is 0 Å². The van der Waals surface area contributed by atoms with Gasteiger partial charge in [-0.05, 0) is 33.3 Å². The molecule has 25 heavy (non-hydrogen) atoms. The molecule has 2 rings (SSSR count). The first-order valence-corrected chi connectivity index (χ1v) is 8.47. The molecule has 0 radical (unpaired) electrons. The van der Waals surface area contributed by atoms with E-state index in [1.807, 2.05) is 0 Å². The number of rotatable bonds is 2. The molecule has 2 aliphatic heterocycles. The third-order valence-corrected chi connectivity index (χ3v) is 5.54. The molecular formula is C15H16NNaO7S. The molecule has 0 spiro atoms. The van der Waals surface area contributed by atoms with Crippen LogP contribution in [0.15, 0.2) is 34.4 Å². The SMILES string of the molecule is C=C1C(C)=C(C(=O)[O-])N2C(=O)/C(=C/C(=O)OC(C)(C)C)C2S1(=O)=O.[Na+]. The molecule has 0 aromatic heterocycles. The predicted molar refractivity (Wildman–Crippen MR) is 80.3 cm³/mol. The van der Waals surface area contributed by atoms with E-state index in [2.05, 4.69) is 6.58 Å². The van der Waals surface area contributed by atoms with Crippen LogP contribution in [-0.2, 0) is 29.0 Å². The van der Waals surface area contributed by atoms with E-state index in [9.17, 15) is 27.9 Å². The number of allylic oxidation sites excluding steroid dienone is 1. The number of carboxylic acid groups (broad SMARTS) is 1. The standard InChI is InChI=1S/C15H17NO7S.Na/c1-7-8(2)24(21,22)13-9(6-10(17)23-15(3,4)5)12(18)16(13)11(7)14(19)20;/h6,13H,2H2,1,3-5H3,(H,19,20);/q;+1/p-1/b9-6-;. The number of fused-ring (bicyclic) bond motifs is 1. The van der Waals surface area contributed by atoms with Gasteiger partial charge in [0.25, 0.3) is 5.91 Å². The molecule has 8 nitrogen and oxygen atoms in total. The average molecular weight is 377 g/mol. The van der Waals surface area contributed by atoms with Gasteiger partial charge in [-0.2, -0.15) is 0 Å².